The van der Waals surface area contributed by atoms with E-state index in [2.05, 4.69) is 0 Å². The van der Waals surface area contributed by atoms with Crippen molar-refractivity contribution in [1.82, 2.24) is 0 Å². The standard InChI is InChI=1S/C22H26F2O3S/c1-3-5-12-22(4-2)14-28(26,27)19-11-10-17(24)13-18(19)20(21(22)25)15-6-8-16(23)9-7-15/h6-11,13,20-21,25H,3-5,12,14H2,1-2H3. The third-order valence-corrected chi connectivity index (χ3v) is 8.02. The largest absolute Gasteiger partial charge is 0.392 e. The molecule has 3 rings (SSSR count). The Kier molecular flexibility index (Phi) is 5.92. The van der Waals surface area contributed by atoms with Crippen LogP contribution in [0.15, 0.2) is 47.4 Å². The van der Waals surface area contributed by atoms with Crippen molar-refractivity contribution in [2.45, 2.75) is 56.4 Å². The van der Waals surface area contributed by atoms with Crippen LogP contribution in [0.2, 0.25) is 0 Å². The molecule has 3 nitrogen and oxygen atoms in total. The molecular formula is C22H26F2O3S. The normalized spacial score (nSPS) is 26.5. The Balaban J connectivity index is 2.28. The van der Waals surface area contributed by atoms with E-state index in [1.807, 2.05) is 13.8 Å². The number of rotatable bonds is 5. The molecule has 2 aromatic rings. The van der Waals surface area contributed by atoms with Gasteiger partial charge in [-0.3, -0.25) is 0 Å². The Labute approximate surface area is 165 Å². The number of fused-ring (bicyclic) bond motifs is 1. The fourth-order valence-electron chi connectivity index (χ4n) is 4.38. The zero-order valence-electron chi connectivity index (χ0n) is 16.2. The number of halogens is 2. The van der Waals surface area contributed by atoms with Crippen LogP contribution < -0.4 is 0 Å². The van der Waals surface area contributed by atoms with Crippen LogP contribution in [0.5, 0.6) is 0 Å². The lowest BCUT2D eigenvalue weighted by Crippen LogP contribution is -2.42. The third kappa shape index (κ3) is 3.72. The molecule has 3 unspecified atom stereocenters. The molecule has 3 atom stereocenters. The minimum absolute atomic E-state index is 0.0501. The van der Waals surface area contributed by atoms with Crippen LogP contribution in [0.3, 0.4) is 0 Å². The predicted molar refractivity (Wildman–Crippen MR) is 105 cm³/mol. The van der Waals surface area contributed by atoms with Gasteiger partial charge in [-0.05, 0) is 54.3 Å². The number of hydrogen-bond acceptors (Lipinski definition) is 3. The van der Waals surface area contributed by atoms with E-state index >= 15 is 0 Å². The molecular weight excluding hydrogens is 382 g/mol. The van der Waals surface area contributed by atoms with E-state index in [1.165, 1.54) is 36.4 Å². The minimum Gasteiger partial charge on any atom is -0.392 e. The highest BCUT2D eigenvalue weighted by molar-refractivity contribution is 7.91. The summed E-state index contributed by atoms with van der Waals surface area (Å²) in [5, 5.41) is 11.5. The van der Waals surface area contributed by atoms with Crippen LogP contribution >= 0.6 is 0 Å². The van der Waals surface area contributed by atoms with E-state index in [0.29, 0.717) is 18.4 Å². The maximum absolute atomic E-state index is 14.1. The maximum atomic E-state index is 14.1. The lowest BCUT2D eigenvalue weighted by molar-refractivity contribution is 0.0173. The van der Waals surface area contributed by atoms with E-state index in [-0.39, 0.29) is 16.2 Å². The second-order valence-electron chi connectivity index (χ2n) is 7.73. The topological polar surface area (TPSA) is 54.4 Å². The zero-order chi connectivity index (χ0) is 20.5. The van der Waals surface area contributed by atoms with Gasteiger partial charge in [0.05, 0.1) is 16.8 Å². The molecule has 1 aliphatic rings. The Morgan fingerprint density at radius 3 is 2.32 bits per heavy atom. The lowest BCUT2D eigenvalue weighted by atomic mass is 9.69. The average molecular weight is 409 g/mol. The van der Waals surface area contributed by atoms with Gasteiger partial charge in [0, 0.05) is 11.3 Å². The summed E-state index contributed by atoms with van der Waals surface area (Å²) >= 11 is 0. The van der Waals surface area contributed by atoms with Gasteiger partial charge in [0.2, 0.25) is 0 Å². The fraction of sp³-hybridized carbons (Fsp3) is 0.455. The number of benzene rings is 2. The summed E-state index contributed by atoms with van der Waals surface area (Å²) in [4.78, 5) is 0.0501. The number of aliphatic hydroxyl groups is 1. The molecule has 0 spiro atoms. The molecule has 0 saturated heterocycles. The molecule has 0 bridgehead atoms. The Morgan fingerprint density at radius 1 is 1.07 bits per heavy atom. The summed E-state index contributed by atoms with van der Waals surface area (Å²) < 4.78 is 54.0. The van der Waals surface area contributed by atoms with Gasteiger partial charge >= 0.3 is 0 Å². The van der Waals surface area contributed by atoms with Crippen LogP contribution in [0.1, 0.15) is 56.6 Å². The van der Waals surface area contributed by atoms with Gasteiger partial charge in [-0.1, -0.05) is 38.8 Å². The minimum atomic E-state index is -3.73. The molecule has 0 radical (unpaired) electrons. The van der Waals surface area contributed by atoms with Gasteiger partial charge in [0.25, 0.3) is 0 Å². The van der Waals surface area contributed by atoms with Gasteiger partial charge in [-0.15, -0.1) is 0 Å². The lowest BCUT2D eigenvalue weighted by Gasteiger charge is -2.39. The first-order valence-corrected chi connectivity index (χ1v) is 11.3. The molecule has 0 saturated carbocycles. The van der Waals surface area contributed by atoms with Crippen molar-refractivity contribution < 1.29 is 22.3 Å². The molecule has 0 aliphatic carbocycles. The number of sulfone groups is 1. The summed E-state index contributed by atoms with van der Waals surface area (Å²) in [7, 11) is -3.73. The van der Waals surface area contributed by atoms with Crippen molar-refractivity contribution in [3.63, 3.8) is 0 Å². The Morgan fingerprint density at radius 2 is 1.71 bits per heavy atom. The predicted octanol–water partition coefficient (Wildman–Crippen LogP) is 4.83. The molecule has 2 aromatic carbocycles. The van der Waals surface area contributed by atoms with Gasteiger partial charge in [0.1, 0.15) is 11.6 Å². The summed E-state index contributed by atoms with van der Waals surface area (Å²) in [6.45, 7) is 3.90. The quantitative estimate of drug-likeness (QED) is 0.721. The molecule has 0 fully saturated rings. The number of aliphatic hydroxyl groups excluding tert-OH is 1. The molecule has 152 valence electrons. The van der Waals surface area contributed by atoms with Crippen LogP contribution in [0.25, 0.3) is 0 Å². The second kappa shape index (κ2) is 7.91. The first-order valence-electron chi connectivity index (χ1n) is 9.70. The smallest absolute Gasteiger partial charge is 0.179 e. The first kappa shape index (κ1) is 20.9. The summed E-state index contributed by atoms with van der Waals surface area (Å²) in [5.74, 6) is -1.92. The highest BCUT2D eigenvalue weighted by Crippen LogP contribution is 2.48. The van der Waals surface area contributed by atoms with Gasteiger partial charge in [-0.25, -0.2) is 17.2 Å². The monoisotopic (exact) mass is 408 g/mol. The summed E-state index contributed by atoms with van der Waals surface area (Å²) in [6.07, 6.45) is 1.64. The van der Waals surface area contributed by atoms with Crippen molar-refractivity contribution in [2.75, 3.05) is 5.75 Å². The average Bonchev–Trinajstić information content (AvgIpc) is 2.72. The Hall–Kier alpha value is -1.79. The van der Waals surface area contributed by atoms with E-state index in [0.717, 1.165) is 18.9 Å². The fourth-order valence-corrected chi connectivity index (χ4v) is 6.63. The molecule has 6 heteroatoms. The van der Waals surface area contributed by atoms with Crippen molar-refractivity contribution in [2.24, 2.45) is 5.41 Å². The van der Waals surface area contributed by atoms with E-state index in [4.69, 9.17) is 0 Å². The highest BCUT2D eigenvalue weighted by atomic mass is 32.2. The summed E-state index contributed by atoms with van der Waals surface area (Å²) in [6, 6.07) is 9.24. The Bertz CT molecular complexity index is 941. The van der Waals surface area contributed by atoms with Crippen LogP contribution in [0, 0.1) is 17.0 Å². The van der Waals surface area contributed by atoms with Crippen LogP contribution in [-0.4, -0.2) is 25.4 Å². The second-order valence-corrected chi connectivity index (χ2v) is 9.69. The molecule has 1 aliphatic heterocycles. The number of unbranched alkanes of at least 4 members (excludes halogenated alkanes) is 1. The third-order valence-electron chi connectivity index (χ3n) is 6.02. The van der Waals surface area contributed by atoms with E-state index < -0.39 is 38.9 Å². The van der Waals surface area contributed by atoms with Crippen molar-refractivity contribution in [3.05, 3.63) is 65.2 Å². The first-order chi connectivity index (χ1) is 13.2. The highest BCUT2D eigenvalue weighted by Gasteiger charge is 2.48. The maximum Gasteiger partial charge on any atom is 0.179 e. The van der Waals surface area contributed by atoms with Crippen molar-refractivity contribution in [1.29, 1.82) is 0 Å². The summed E-state index contributed by atoms with van der Waals surface area (Å²) in [5.41, 5.74) is -0.0401. The van der Waals surface area contributed by atoms with Crippen molar-refractivity contribution >= 4 is 9.84 Å². The number of hydrogen-bond donors (Lipinski definition) is 1. The van der Waals surface area contributed by atoms with Crippen LogP contribution in [-0.2, 0) is 9.84 Å². The van der Waals surface area contributed by atoms with Gasteiger partial charge in [-0.2, -0.15) is 0 Å². The van der Waals surface area contributed by atoms with Gasteiger partial charge in [0.15, 0.2) is 9.84 Å². The van der Waals surface area contributed by atoms with E-state index in [1.54, 1.807) is 0 Å². The van der Waals surface area contributed by atoms with Crippen molar-refractivity contribution in [3.8, 4) is 0 Å². The molecule has 0 amide bonds. The molecule has 1 heterocycles. The molecule has 1 N–H and O–H groups in total. The van der Waals surface area contributed by atoms with E-state index in [9.17, 15) is 22.3 Å². The SMILES string of the molecule is CCCCC1(CC)CS(=O)(=O)c2ccc(F)cc2C(c2ccc(F)cc2)C1O. The van der Waals surface area contributed by atoms with Gasteiger partial charge < -0.3 is 5.11 Å². The molecule has 0 aromatic heterocycles. The van der Waals surface area contributed by atoms with Crippen LogP contribution in [0.4, 0.5) is 8.78 Å². The zero-order valence-corrected chi connectivity index (χ0v) is 17.0. The molecule has 28 heavy (non-hydrogen) atoms.